The molecular formula is C11H16ClNO2. The van der Waals surface area contributed by atoms with Crippen LogP contribution in [0, 0.1) is 0 Å². The van der Waals surface area contributed by atoms with E-state index in [4.69, 9.17) is 21.2 Å². The van der Waals surface area contributed by atoms with Gasteiger partial charge < -0.3 is 9.57 Å². The van der Waals surface area contributed by atoms with Crippen LogP contribution in [0.15, 0.2) is 12.1 Å². The van der Waals surface area contributed by atoms with Gasteiger partial charge in [-0.05, 0) is 18.1 Å². The number of methoxy groups -OCH3 is 1. The summed E-state index contributed by atoms with van der Waals surface area (Å²) in [6.07, 6.45) is 0.948. The van der Waals surface area contributed by atoms with Crippen LogP contribution < -0.4 is 10.2 Å². The van der Waals surface area contributed by atoms with Crippen molar-refractivity contribution >= 4 is 11.6 Å². The molecule has 0 spiro atoms. The van der Waals surface area contributed by atoms with Crippen LogP contribution in [0.25, 0.3) is 0 Å². The lowest BCUT2D eigenvalue weighted by Crippen LogP contribution is -2.12. The van der Waals surface area contributed by atoms with Gasteiger partial charge in [0.1, 0.15) is 5.75 Å². The van der Waals surface area contributed by atoms with Gasteiger partial charge in [0, 0.05) is 12.1 Å². The molecule has 0 amide bonds. The normalized spacial score (nSPS) is 10.4. The molecule has 0 aliphatic heterocycles. The zero-order valence-corrected chi connectivity index (χ0v) is 10.0. The number of aryl methyl sites for hydroxylation is 1. The van der Waals surface area contributed by atoms with Gasteiger partial charge in [-0.3, -0.25) is 0 Å². The van der Waals surface area contributed by atoms with Gasteiger partial charge in [0.15, 0.2) is 0 Å². The van der Waals surface area contributed by atoms with Crippen molar-refractivity contribution in [1.82, 2.24) is 5.48 Å². The van der Waals surface area contributed by atoms with Gasteiger partial charge in [0.2, 0.25) is 0 Å². The second-order valence-electron chi connectivity index (χ2n) is 3.15. The summed E-state index contributed by atoms with van der Waals surface area (Å²) in [6, 6.07) is 3.99. The number of ether oxygens (including phenoxy) is 1. The average Bonchev–Trinajstić information content (AvgIpc) is 2.25. The monoisotopic (exact) mass is 229 g/mol. The molecular weight excluding hydrogens is 214 g/mol. The van der Waals surface area contributed by atoms with Crippen LogP contribution in [-0.4, -0.2) is 14.2 Å². The molecule has 0 atom stereocenters. The summed E-state index contributed by atoms with van der Waals surface area (Å²) < 4.78 is 5.25. The first kappa shape index (κ1) is 12.3. The predicted molar refractivity (Wildman–Crippen MR) is 61.2 cm³/mol. The van der Waals surface area contributed by atoms with Gasteiger partial charge in [-0.15, -0.1) is 0 Å². The number of benzene rings is 1. The average molecular weight is 230 g/mol. The van der Waals surface area contributed by atoms with Crippen molar-refractivity contribution in [3.63, 3.8) is 0 Å². The first-order valence-electron chi connectivity index (χ1n) is 4.84. The van der Waals surface area contributed by atoms with Crippen LogP contribution in [-0.2, 0) is 17.8 Å². The zero-order valence-electron chi connectivity index (χ0n) is 9.26. The Labute approximate surface area is 95.3 Å². The number of halogens is 1. The summed E-state index contributed by atoms with van der Waals surface area (Å²) in [5.74, 6) is 0.707. The molecule has 0 saturated heterocycles. The quantitative estimate of drug-likeness (QED) is 0.788. The van der Waals surface area contributed by atoms with Crippen LogP contribution in [0.4, 0.5) is 0 Å². The molecule has 0 aliphatic rings. The molecule has 0 heterocycles. The summed E-state index contributed by atoms with van der Waals surface area (Å²) in [7, 11) is 3.20. The number of rotatable bonds is 5. The van der Waals surface area contributed by atoms with Crippen molar-refractivity contribution in [3.8, 4) is 5.75 Å². The van der Waals surface area contributed by atoms with Crippen LogP contribution in [0.3, 0.4) is 0 Å². The Morgan fingerprint density at radius 1 is 1.33 bits per heavy atom. The minimum Gasteiger partial charge on any atom is -0.495 e. The van der Waals surface area contributed by atoms with Crippen LogP contribution >= 0.6 is 11.6 Å². The molecule has 0 aromatic heterocycles. The van der Waals surface area contributed by atoms with E-state index in [1.165, 1.54) is 5.56 Å². The van der Waals surface area contributed by atoms with E-state index >= 15 is 0 Å². The lowest BCUT2D eigenvalue weighted by molar-refractivity contribution is 0.0861. The fourth-order valence-electron chi connectivity index (χ4n) is 1.43. The molecule has 0 bridgehead atoms. The molecule has 0 radical (unpaired) electrons. The molecule has 0 unspecified atom stereocenters. The van der Waals surface area contributed by atoms with Crippen molar-refractivity contribution in [2.75, 3.05) is 14.2 Å². The number of hydroxylamine groups is 1. The Morgan fingerprint density at radius 3 is 2.60 bits per heavy atom. The molecule has 15 heavy (non-hydrogen) atoms. The van der Waals surface area contributed by atoms with Gasteiger partial charge >= 0.3 is 0 Å². The van der Waals surface area contributed by atoms with E-state index in [0.717, 1.165) is 12.0 Å². The van der Waals surface area contributed by atoms with Gasteiger partial charge in [-0.25, -0.2) is 0 Å². The number of nitrogens with one attached hydrogen (secondary N) is 1. The highest BCUT2D eigenvalue weighted by Crippen LogP contribution is 2.30. The first-order chi connectivity index (χ1) is 7.22. The molecule has 1 rings (SSSR count). The summed E-state index contributed by atoms with van der Waals surface area (Å²) in [5.41, 5.74) is 4.97. The van der Waals surface area contributed by atoms with E-state index in [1.807, 2.05) is 6.07 Å². The maximum Gasteiger partial charge on any atom is 0.142 e. The van der Waals surface area contributed by atoms with Crippen molar-refractivity contribution in [2.45, 2.75) is 19.9 Å². The largest absolute Gasteiger partial charge is 0.495 e. The van der Waals surface area contributed by atoms with Crippen molar-refractivity contribution in [1.29, 1.82) is 0 Å². The molecule has 84 valence electrons. The molecule has 0 aliphatic carbocycles. The smallest absolute Gasteiger partial charge is 0.142 e. The van der Waals surface area contributed by atoms with Gasteiger partial charge in [-0.1, -0.05) is 24.6 Å². The molecule has 1 N–H and O–H groups in total. The third-order valence-corrected chi connectivity index (χ3v) is 2.48. The zero-order chi connectivity index (χ0) is 11.3. The Kier molecular flexibility index (Phi) is 4.88. The second kappa shape index (κ2) is 5.95. The third-order valence-electron chi connectivity index (χ3n) is 2.20. The van der Waals surface area contributed by atoms with E-state index in [0.29, 0.717) is 17.3 Å². The standard InChI is InChI=1S/C11H16ClNO2/c1-4-8-5-9(7-13-15-3)11(14-2)10(12)6-8/h5-6,13H,4,7H2,1-3H3. The molecule has 0 fully saturated rings. The molecule has 4 heteroatoms. The highest BCUT2D eigenvalue weighted by atomic mass is 35.5. The van der Waals surface area contributed by atoms with E-state index in [9.17, 15) is 0 Å². The highest BCUT2D eigenvalue weighted by molar-refractivity contribution is 6.32. The highest BCUT2D eigenvalue weighted by Gasteiger charge is 2.09. The Hall–Kier alpha value is -0.770. The topological polar surface area (TPSA) is 30.5 Å². The number of hydrogen-bond donors (Lipinski definition) is 1. The molecule has 1 aromatic rings. The molecule has 1 aromatic carbocycles. The lowest BCUT2D eigenvalue weighted by atomic mass is 10.1. The third kappa shape index (κ3) is 3.09. The maximum absolute atomic E-state index is 6.10. The van der Waals surface area contributed by atoms with Crippen molar-refractivity contribution < 1.29 is 9.57 Å². The van der Waals surface area contributed by atoms with Crippen LogP contribution in [0.1, 0.15) is 18.1 Å². The maximum atomic E-state index is 6.10. The van der Waals surface area contributed by atoms with E-state index in [1.54, 1.807) is 14.2 Å². The van der Waals surface area contributed by atoms with Crippen LogP contribution in [0.2, 0.25) is 5.02 Å². The predicted octanol–water partition coefficient (Wildman–Crippen LogP) is 2.56. The minimum absolute atomic E-state index is 0.577. The SMILES string of the molecule is CCc1cc(Cl)c(OC)c(CNOC)c1. The summed E-state index contributed by atoms with van der Waals surface area (Å²) in [5, 5.41) is 0.643. The van der Waals surface area contributed by atoms with E-state index < -0.39 is 0 Å². The lowest BCUT2D eigenvalue weighted by Gasteiger charge is -2.12. The van der Waals surface area contributed by atoms with Gasteiger partial charge in [0.05, 0.1) is 19.2 Å². The van der Waals surface area contributed by atoms with E-state index in [2.05, 4.69) is 18.5 Å². The second-order valence-corrected chi connectivity index (χ2v) is 3.56. The number of hydrogen-bond acceptors (Lipinski definition) is 3. The minimum atomic E-state index is 0.577. The van der Waals surface area contributed by atoms with Crippen molar-refractivity contribution in [3.05, 3.63) is 28.3 Å². The summed E-state index contributed by atoms with van der Waals surface area (Å²) in [4.78, 5) is 4.81. The molecule has 3 nitrogen and oxygen atoms in total. The van der Waals surface area contributed by atoms with Gasteiger partial charge in [-0.2, -0.15) is 5.48 Å². The first-order valence-corrected chi connectivity index (χ1v) is 5.21. The summed E-state index contributed by atoms with van der Waals surface area (Å²) >= 11 is 6.10. The Balaban J connectivity index is 3.02. The van der Waals surface area contributed by atoms with Crippen molar-refractivity contribution in [2.24, 2.45) is 0 Å². The Morgan fingerprint density at radius 2 is 2.07 bits per heavy atom. The van der Waals surface area contributed by atoms with E-state index in [-0.39, 0.29) is 0 Å². The fraction of sp³-hybridized carbons (Fsp3) is 0.455. The Bertz CT molecular complexity index is 329. The van der Waals surface area contributed by atoms with Crippen LogP contribution in [0.5, 0.6) is 5.75 Å². The fourth-order valence-corrected chi connectivity index (χ4v) is 1.77. The summed E-state index contributed by atoms with van der Waals surface area (Å²) in [6.45, 7) is 2.67. The molecule has 0 saturated carbocycles. The van der Waals surface area contributed by atoms with Gasteiger partial charge in [0.25, 0.3) is 0 Å².